The molecule has 3 rings (SSSR count). The Labute approximate surface area is 132 Å². The lowest BCUT2D eigenvalue weighted by Gasteiger charge is -2.23. The van der Waals surface area contributed by atoms with Crippen molar-refractivity contribution in [3.8, 4) is 10.6 Å². The Bertz CT molecular complexity index is 663. The predicted molar refractivity (Wildman–Crippen MR) is 85.6 cm³/mol. The summed E-state index contributed by atoms with van der Waals surface area (Å²) in [6.45, 7) is 3.66. The van der Waals surface area contributed by atoms with Gasteiger partial charge in [0.25, 0.3) is 5.91 Å². The van der Waals surface area contributed by atoms with Gasteiger partial charge in [-0.05, 0) is 50.6 Å². The van der Waals surface area contributed by atoms with Crippen LogP contribution in [0.4, 0.5) is 4.39 Å². The van der Waals surface area contributed by atoms with Crippen LogP contribution in [0.5, 0.6) is 0 Å². The van der Waals surface area contributed by atoms with Gasteiger partial charge in [0.05, 0.1) is 5.69 Å². The molecule has 0 bridgehead atoms. The Morgan fingerprint density at radius 3 is 2.86 bits per heavy atom. The number of halogens is 1. The first-order valence-electron chi connectivity index (χ1n) is 7.38. The van der Waals surface area contributed by atoms with Crippen LogP contribution in [0.25, 0.3) is 10.6 Å². The Hall–Kier alpha value is -1.79. The molecule has 1 saturated heterocycles. The summed E-state index contributed by atoms with van der Waals surface area (Å²) in [4.78, 5) is 17.5. The van der Waals surface area contributed by atoms with Gasteiger partial charge in [-0.2, -0.15) is 0 Å². The minimum atomic E-state index is -0.278. The summed E-state index contributed by atoms with van der Waals surface area (Å²) in [5.41, 5.74) is 1.54. The monoisotopic (exact) mass is 319 g/mol. The third-order valence-electron chi connectivity index (χ3n) is 3.73. The van der Waals surface area contributed by atoms with E-state index >= 15 is 0 Å². The number of benzene rings is 1. The molecule has 1 aliphatic rings. The van der Waals surface area contributed by atoms with E-state index in [9.17, 15) is 9.18 Å². The number of nitrogens with one attached hydrogen (secondary N) is 2. The van der Waals surface area contributed by atoms with Gasteiger partial charge in [-0.15, -0.1) is 11.3 Å². The van der Waals surface area contributed by atoms with E-state index in [0.29, 0.717) is 10.6 Å². The number of thiazole rings is 1. The molecule has 1 fully saturated rings. The summed E-state index contributed by atoms with van der Waals surface area (Å²) in [6.07, 6.45) is 2.08. The Balaban J connectivity index is 1.76. The van der Waals surface area contributed by atoms with E-state index in [1.165, 1.54) is 23.5 Å². The first-order valence-corrected chi connectivity index (χ1v) is 8.20. The van der Waals surface area contributed by atoms with Crippen molar-refractivity contribution in [1.82, 2.24) is 15.6 Å². The number of rotatable bonds is 3. The number of carbonyl (C=O) groups is 1. The molecule has 2 aromatic rings. The van der Waals surface area contributed by atoms with E-state index < -0.39 is 0 Å². The van der Waals surface area contributed by atoms with Crippen molar-refractivity contribution in [1.29, 1.82) is 0 Å². The lowest BCUT2D eigenvalue weighted by atomic mass is 10.1. The summed E-state index contributed by atoms with van der Waals surface area (Å²) < 4.78 is 13.0. The van der Waals surface area contributed by atoms with Crippen molar-refractivity contribution in [2.45, 2.75) is 25.8 Å². The lowest BCUT2D eigenvalue weighted by molar-refractivity contribution is 0.0934. The molecule has 0 spiro atoms. The fraction of sp³-hybridized carbons (Fsp3) is 0.375. The SMILES string of the molecule is Cc1nc(-c2ccc(F)cc2)sc1C(=O)NC1CCCNC1. The lowest BCUT2D eigenvalue weighted by Crippen LogP contribution is -2.45. The van der Waals surface area contributed by atoms with Crippen molar-refractivity contribution < 1.29 is 9.18 Å². The van der Waals surface area contributed by atoms with Crippen LogP contribution in [0, 0.1) is 12.7 Å². The second-order valence-corrected chi connectivity index (χ2v) is 6.46. The molecule has 1 amide bonds. The number of aromatic nitrogens is 1. The maximum absolute atomic E-state index is 13.0. The topological polar surface area (TPSA) is 54.0 Å². The number of aryl methyl sites for hydroxylation is 1. The van der Waals surface area contributed by atoms with Gasteiger partial charge in [0.15, 0.2) is 0 Å². The average molecular weight is 319 g/mol. The van der Waals surface area contributed by atoms with E-state index in [4.69, 9.17) is 0 Å². The summed E-state index contributed by atoms with van der Waals surface area (Å²) in [7, 11) is 0. The van der Waals surface area contributed by atoms with E-state index in [1.54, 1.807) is 12.1 Å². The number of piperidine rings is 1. The minimum Gasteiger partial charge on any atom is -0.347 e. The highest BCUT2D eigenvalue weighted by molar-refractivity contribution is 7.17. The third kappa shape index (κ3) is 3.34. The van der Waals surface area contributed by atoms with Gasteiger partial charge in [0.1, 0.15) is 15.7 Å². The number of amides is 1. The highest BCUT2D eigenvalue weighted by Crippen LogP contribution is 2.28. The van der Waals surface area contributed by atoms with Gasteiger partial charge >= 0.3 is 0 Å². The predicted octanol–water partition coefficient (Wildman–Crippen LogP) is 2.74. The molecule has 6 heteroatoms. The first kappa shape index (κ1) is 15.1. The second kappa shape index (κ2) is 6.54. The van der Waals surface area contributed by atoms with Crippen molar-refractivity contribution in [2.75, 3.05) is 13.1 Å². The summed E-state index contributed by atoms with van der Waals surface area (Å²) >= 11 is 1.35. The van der Waals surface area contributed by atoms with Gasteiger partial charge in [-0.1, -0.05) is 0 Å². The fourth-order valence-corrected chi connectivity index (χ4v) is 3.52. The maximum Gasteiger partial charge on any atom is 0.263 e. The van der Waals surface area contributed by atoms with Crippen LogP contribution in [0.2, 0.25) is 0 Å². The number of hydrogen-bond donors (Lipinski definition) is 2. The van der Waals surface area contributed by atoms with Gasteiger partial charge in [0.2, 0.25) is 0 Å². The minimum absolute atomic E-state index is 0.0722. The molecular formula is C16H18FN3OS. The van der Waals surface area contributed by atoms with E-state index in [0.717, 1.165) is 36.5 Å². The fourth-order valence-electron chi connectivity index (χ4n) is 2.55. The molecule has 1 aliphatic heterocycles. The zero-order valence-electron chi connectivity index (χ0n) is 12.4. The van der Waals surface area contributed by atoms with Crippen LogP contribution in [0.15, 0.2) is 24.3 Å². The van der Waals surface area contributed by atoms with E-state index in [-0.39, 0.29) is 17.8 Å². The average Bonchev–Trinajstić information content (AvgIpc) is 2.91. The van der Waals surface area contributed by atoms with E-state index in [1.807, 2.05) is 6.92 Å². The van der Waals surface area contributed by atoms with Crippen LogP contribution < -0.4 is 10.6 Å². The molecule has 1 aromatic heterocycles. The molecule has 0 saturated carbocycles. The van der Waals surface area contributed by atoms with Gasteiger partial charge in [-0.3, -0.25) is 4.79 Å². The quantitative estimate of drug-likeness (QED) is 0.914. The normalized spacial score (nSPS) is 18.2. The first-order chi connectivity index (χ1) is 10.6. The van der Waals surface area contributed by atoms with Crippen LogP contribution in [0.1, 0.15) is 28.2 Å². The summed E-state index contributed by atoms with van der Waals surface area (Å²) in [5.74, 6) is -0.350. The number of carbonyl (C=O) groups excluding carboxylic acids is 1. The van der Waals surface area contributed by atoms with E-state index in [2.05, 4.69) is 15.6 Å². The van der Waals surface area contributed by atoms with Crippen molar-refractivity contribution in [2.24, 2.45) is 0 Å². The van der Waals surface area contributed by atoms with Crippen LogP contribution >= 0.6 is 11.3 Å². The zero-order valence-corrected chi connectivity index (χ0v) is 13.2. The Morgan fingerprint density at radius 2 is 2.18 bits per heavy atom. The maximum atomic E-state index is 13.0. The number of hydrogen-bond acceptors (Lipinski definition) is 4. The molecule has 0 radical (unpaired) electrons. The van der Waals surface area contributed by atoms with Crippen molar-refractivity contribution in [3.63, 3.8) is 0 Å². The highest BCUT2D eigenvalue weighted by atomic mass is 32.1. The second-order valence-electron chi connectivity index (χ2n) is 5.46. The standard InChI is InChI=1S/C16H18FN3OS/c1-10-14(15(21)20-13-3-2-8-18-9-13)22-16(19-10)11-4-6-12(17)7-5-11/h4-7,13,18H,2-3,8-9H2,1H3,(H,20,21). The smallest absolute Gasteiger partial charge is 0.263 e. The Morgan fingerprint density at radius 1 is 1.41 bits per heavy atom. The molecule has 4 nitrogen and oxygen atoms in total. The highest BCUT2D eigenvalue weighted by Gasteiger charge is 2.20. The summed E-state index contributed by atoms with van der Waals surface area (Å²) in [6, 6.07) is 6.34. The van der Waals surface area contributed by atoms with Crippen molar-refractivity contribution in [3.05, 3.63) is 40.7 Å². The summed E-state index contributed by atoms with van der Waals surface area (Å²) in [5, 5.41) is 7.08. The molecule has 1 aromatic carbocycles. The third-order valence-corrected chi connectivity index (χ3v) is 4.93. The molecule has 2 N–H and O–H groups in total. The molecule has 1 atom stereocenters. The number of nitrogens with zero attached hydrogens (tertiary/aromatic N) is 1. The molecule has 2 heterocycles. The Kier molecular flexibility index (Phi) is 4.49. The molecule has 0 aliphatic carbocycles. The molecule has 1 unspecified atom stereocenters. The molecular weight excluding hydrogens is 301 g/mol. The van der Waals surface area contributed by atoms with Crippen LogP contribution in [-0.2, 0) is 0 Å². The van der Waals surface area contributed by atoms with Crippen LogP contribution in [-0.4, -0.2) is 30.0 Å². The molecule has 116 valence electrons. The zero-order chi connectivity index (χ0) is 15.5. The van der Waals surface area contributed by atoms with Gasteiger partial charge < -0.3 is 10.6 Å². The van der Waals surface area contributed by atoms with Gasteiger partial charge in [0, 0.05) is 18.2 Å². The van der Waals surface area contributed by atoms with Crippen LogP contribution in [0.3, 0.4) is 0 Å². The van der Waals surface area contributed by atoms with Crippen molar-refractivity contribution >= 4 is 17.2 Å². The largest absolute Gasteiger partial charge is 0.347 e. The molecule has 22 heavy (non-hydrogen) atoms. The van der Waals surface area contributed by atoms with Gasteiger partial charge in [-0.25, -0.2) is 9.37 Å².